The first-order chi connectivity index (χ1) is 8.31. The minimum absolute atomic E-state index is 1.01. The molecule has 2 heterocycles. The van der Waals surface area contributed by atoms with Crippen molar-refractivity contribution in [3.05, 3.63) is 58.9 Å². The van der Waals surface area contributed by atoms with Crippen LogP contribution in [0.2, 0.25) is 0 Å². The minimum atomic E-state index is 1.01. The van der Waals surface area contributed by atoms with E-state index in [0.717, 1.165) is 26.1 Å². The summed E-state index contributed by atoms with van der Waals surface area (Å²) < 4.78 is 2.38. The Hall–Kier alpha value is -1.54. The normalized spacial score (nSPS) is 14.6. The average molecular weight is 226 g/mol. The van der Waals surface area contributed by atoms with Gasteiger partial charge in [0.1, 0.15) is 0 Å². The molecule has 0 unspecified atom stereocenters. The predicted molar refractivity (Wildman–Crippen MR) is 70.1 cm³/mol. The highest BCUT2D eigenvalue weighted by molar-refractivity contribution is 5.29. The van der Waals surface area contributed by atoms with Gasteiger partial charge in [0.2, 0.25) is 0 Å². The van der Waals surface area contributed by atoms with Gasteiger partial charge in [-0.2, -0.15) is 0 Å². The van der Waals surface area contributed by atoms with Gasteiger partial charge in [0.15, 0.2) is 0 Å². The molecule has 0 radical (unpaired) electrons. The Morgan fingerprint density at radius 2 is 2.00 bits per heavy atom. The van der Waals surface area contributed by atoms with E-state index >= 15 is 0 Å². The summed E-state index contributed by atoms with van der Waals surface area (Å²) in [6.07, 6.45) is 3.34. The number of hydrogen-bond donors (Lipinski definition) is 1. The summed E-state index contributed by atoms with van der Waals surface area (Å²) in [5, 5.41) is 3.40. The van der Waals surface area contributed by atoms with Crippen LogP contribution in [0.5, 0.6) is 0 Å². The molecule has 1 aromatic carbocycles. The number of nitrogens with one attached hydrogen (secondary N) is 1. The Morgan fingerprint density at radius 1 is 1.18 bits per heavy atom. The molecule has 0 amide bonds. The summed E-state index contributed by atoms with van der Waals surface area (Å²) >= 11 is 0. The van der Waals surface area contributed by atoms with Crippen LogP contribution in [-0.4, -0.2) is 11.1 Å². The van der Waals surface area contributed by atoms with Gasteiger partial charge in [0, 0.05) is 31.5 Å². The van der Waals surface area contributed by atoms with Gasteiger partial charge in [0.25, 0.3) is 0 Å². The molecule has 1 aliphatic heterocycles. The van der Waals surface area contributed by atoms with Crippen LogP contribution < -0.4 is 5.32 Å². The zero-order valence-electron chi connectivity index (χ0n) is 10.2. The van der Waals surface area contributed by atoms with Gasteiger partial charge in [-0.15, -0.1) is 0 Å². The van der Waals surface area contributed by atoms with Crippen molar-refractivity contribution in [1.29, 1.82) is 0 Å². The molecular weight excluding hydrogens is 208 g/mol. The van der Waals surface area contributed by atoms with Crippen molar-refractivity contribution in [2.45, 2.75) is 26.4 Å². The van der Waals surface area contributed by atoms with Crippen LogP contribution in [0.25, 0.3) is 0 Å². The van der Waals surface area contributed by atoms with Crippen molar-refractivity contribution in [3.63, 3.8) is 0 Å². The van der Waals surface area contributed by atoms with Crippen LogP contribution >= 0.6 is 0 Å². The van der Waals surface area contributed by atoms with E-state index in [1.165, 1.54) is 22.4 Å². The van der Waals surface area contributed by atoms with Gasteiger partial charge in [-0.05, 0) is 30.5 Å². The molecule has 0 bridgehead atoms. The molecule has 2 heteroatoms. The maximum Gasteiger partial charge on any atom is 0.0360 e. The number of benzene rings is 1. The molecule has 1 aromatic heterocycles. The van der Waals surface area contributed by atoms with Gasteiger partial charge >= 0.3 is 0 Å². The maximum atomic E-state index is 3.40. The van der Waals surface area contributed by atoms with Gasteiger partial charge in [0.05, 0.1) is 0 Å². The van der Waals surface area contributed by atoms with Crippen LogP contribution in [0, 0.1) is 6.92 Å². The first-order valence-corrected chi connectivity index (χ1v) is 6.25. The molecule has 1 aliphatic rings. The third-order valence-corrected chi connectivity index (χ3v) is 3.41. The second kappa shape index (κ2) is 4.38. The standard InChI is InChI=1S/C15H18N2/c1-12-2-4-13(5-3-12)8-14-9-15-10-16-6-7-17(15)11-14/h2-5,9,11,16H,6-8,10H2,1H3. The summed E-state index contributed by atoms with van der Waals surface area (Å²) in [6.45, 7) is 5.33. The molecule has 0 fully saturated rings. The van der Waals surface area contributed by atoms with E-state index in [4.69, 9.17) is 0 Å². The smallest absolute Gasteiger partial charge is 0.0360 e. The number of aryl methyl sites for hydroxylation is 1. The zero-order chi connectivity index (χ0) is 11.7. The molecule has 0 atom stereocenters. The summed E-state index contributed by atoms with van der Waals surface area (Å²) in [5.41, 5.74) is 5.56. The van der Waals surface area contributed by atoms with Crippen LogP contribution in [0.4, 0.5) is 0 Å². The van der Waals surface area contributed by atoms with Crippen LogP contribution in [0.3, 0.4) is 0 Å². The number of nitrogens with zero attached hydrogens (tertiary/aromatic N) is 1. The highest BCUT2D eigenvalue weighted by atomic mass is 15.1. The summed E-state index contributed by atoms with van der Waals surface area (Å²) in [4.78, 5) is 0. The Morgan fingerprint density at radius 3 is 2.76 bits per heavy atom. The quantitative estimate of drug-likeness (QED) is 0.832. The highest BCUT2D eigenvalue weighted by Gasteiger charge is 2.09. The lowest BCUT2D eigenvalue weighted by Gasteiger charge is -2.15. The SMILES string of the molecule is Cc1ccc(Cc2cc3n(c2)CCNC3)cc1. The van der Waals surface area contributed by atoms with E-state index in [1.807, 2.05) is 0 Å². The Bertz CT molecular complexity index is 485. The molecular formula is C15H18N2. The Kier molecular flexibility index (Phi) is 2.73. The fourth-order valence-electron chi connectivity index (χ4n) is 2.43. The molecule has 0 saturated carbocycles. The van der Waals surface area contributed by atoms with Crippen LogP contribution in [-0.2, 0) is 19.5 Å². The van der Waals surface area contributed by atoms with Crippen LogP contribution in [0.15, 0.2) is 36.5 Å². The lowest BCUT2D eigenvalue weighted by molar-refractivity contribution is 0.516. The van der Waals surface area contributed by atoms with Gasteiger partial charge in [-0.25, -0.2) is 0 Å². The van der Waals surface area contributed by atoms with Crippen molar-refractivity contribution >= 4 is 0 Å². The Labute approximate surface area is 102 Å². The third kappa shape index (κ3) is 2.27. The summed E-state index contributed by atoms with van der Waals surface area (Å²) in [5.74, 6) is 0. The predicted octanol–water partition coefficient (Wildman–Crippen LogP) is 2.49. The van der Waals surface area contributed by atoms with E-state index in [-0.39, 0.29) is 0 Å². The third-order valence-electron chi connectivity index (χ3n) is 3.41. The van der Waals surface area contributed by atoms with E-state index in [1.54, 1.807) is 0 Å². The minimum Gasteiger partial charge on any atom is -0.349 e. The van der Waals surface area contributed by atoms with Crippen LogP contribution in [0.1, 0.15) is 22.4 Å². The molecule has 0 spiro atoms. The molecule has 17 heavy (non-hydrogen) atoms. The largest absolute Gasteiger partial charge is 0.349 e. The van der Waals surface area contributed by atoms with Gasteiger partial charge in [-0.3, -0.25) is 0 Å². The summed E-state index contributed by atoms with van der Waals surface area (Å²) in [7, 11) is 0. The zero-order valence-corrected chi connectivity index (χ0v) is 10.2. The average Bonchev–Trinajstić information content (AvgIpc) is 2.74. The molecule has 3 rings (SSSR count). The van der Waals surface area contributed by atoms with Crippen molar-refractivity contribution in [2.24, 2.45) is 0 Å². The van der Waals surface area contributed by atoms with Crippen molar-refractivity contribution < 1.29 is 0 Å². The molecule has 1 N–H and O–H groups in total. The lowest BCUT2D eigenvalue weighted by Crippen LogP contribution is -2.27. The first-order valence-electron chi connectivity index (χ1n) is 6.25. The second-order valence-electron chi connectivity index (χ2n) is 4.87. The maximum absolute atomic E-state index is 3.40. The number of hydrogen-bond acceptors (Lipinski definition) is 1. The molecule has 0 aliphatic carbocycles. The van der Waals surface area contributed by atoms with Crippen molar-refractivity contribution in [1.82, 2.24) is 9.88 Å². The fraction of sp³-hybridized carbons (Fsp3) is 0.333. The van der Waals surface area contributed by atoms with E-state index in [0.29, 0.717) is 0 Å². The van der Waals surface area contributed by atoms with Gasteiger partial charge in [-0.1, -0.05) is 29.8 Å². The number of aromatic nitrogens is 1. The van der Waals surface area contributed by atoms with Crippen molar-refractivity contribution in [2.75, 3.05) is 6.54 Å². The van der Waals surface area contributed by atoms with E-state index in [9.17, 15) is 0 Å². The number of fused-ring (bicyclic) bond motifs is 1. The van der Waals surface area contributed by atoms with E-state index < -0.39 is 0 Å². The molecule has 0 saturated heterocycles. The fourth-order valence-corrected chi connectivity index (χ4v) is 2.43. The van der Waals surface area contributed by atoms with Crippen molar-refractivity contribution in [3.8, 4) is 0 Å². The monoisotopic (exact) mass is 226 g/mol. The molecule has 2 aromatic rings. The lowest BCUT2D eigenvalue weighted by atomic mass is 10.1. The van der Waals surface area contributed by atoms with Gasteiger partial charge < -0.3 is 9.88 Å². The Balaban J connectivity index is 1.80. The first kappa shape index (κ1) is 10.6. The molecule has 88 valence electrons. The topological polar surface area (TPSA) is 17.0 Å². The highest BCUT2D eigenvalue weighted by Crippen LogP contribution is 2.16. The second-order valence-corrected chi connectivity index (χ2v) is 4.87. The number of rotatable bonds is 2. The van der Waals surface area contributed by atoms with E-state index in [2.05, 4.69) is 53.3 Å². The molecule has 2 nitrogen and oxygen atoms in total. The summed E-state index contributed by atoms with van der Waals surface area (Å²) in [6, 6.07) is 11.2.